The average molecular weight is 313 g/mol. The van der Waals surface area contributed by atoms with Crippen LogP contribution in [0.4, 0.5) is 0 Å². The number of sulfone groups is 1. The van der Waals surface area contributed by atoms with E-state index in [0.717, 1.165) is 32.2 Å². The second kappa shape index (κ2) is 6.64. The smallest absolute Gasteiger partial charge is 0.148 e. The van der Waals surface area contributed by atoms with E-state index in [9.17, 15) is 13.7 Å². The molecule has 5 nitrogen and oxygen atoms in total. The summed E-state index contributed by atoms with van der Waals surface area (Å²) in [4.78, 5) is 2.07. The number of hydrogen-bond acceptors (Lipinski definition) is 5. The van der Waals surface area contributed by atoms with Crippen LogP contribution in [0.5, 0.6) is 0 Å². The van der Waals surface area contributed by atoms with Crippen LogP contribution in [0.2, 0.25) is 0 Å². The Bertz CT molecular complexity index is 496. The molecule has 6 heteroatoms. The van der Waals surface area contributed by atoms with Crippen LogP contribution in [0.3, 0.4) is 0 Å². The first-order valence-corrected chi connectivity index (χ1v) is 9.96. The summed E-state index contributed by atoms with van der Waals surface area (Å²) in [5.41, 5.74) is -0.334. The molecule has 2 rings (SSSR count). The van der Waals surface area contributed by atoms with Crippen LogP contribution in [0.1, 0.15) is 38.5 Å². The van der Waals surface area contributed by atoms with Gasteiger partial charge in [-0.15, -0.1) is 0 Å². The van der Waals surface area contributed by atoms with Gasteiger partial charge >= 0.3 is 0 Å². The normalized spacial score (nSPS) is 29.7. The second-order valence-corrected chi connectivity index (χ2v) is 9.07. The van der Waals surface area contributed by atoms with Gasteiger partial charge in [0.25, 0.3) is 0 Å². The molecule has 2 saturated carbocycles. The number of nitrogens with zero attached hydrogens (tertiary/aromatic N) is 2. The van der Waals surface area contributed by atoms with E-state index >= 15 is 0 Å². The highest BCUT2D eigenvalue weighted by atomic mass is 32.2. The number of hydrogen-bond donors (Lipinski definition) is 1. The Balaban J connectivity index is 1.82. The van der Waals surface area contributed by atoms with Gasteiger partial charge in [-0.1, -0.05) is 6.42 Å². The van der Waals surface area contributed by atoms with Crippen LogP contribution in [0, 0.1) is 17.2 Å². The first-order chi connectivity index (χ1) is 9.85. The predicted octanol–water partition coefficient (Wildman–Crippen LogP) is 1.17. The largest absolute Gasteiger partial charge is 0.305 e. The first-order valence-electron chi connectivity index (χ1n) is 7.90. The zero-order valence-electron chi connectivity index (χ0n) is 13.1. The molecule has 0 aliphatic heterocycles. The summed E-state index contributed by atoms with van der Waals surface area (Å²) in [5.74, 6) is 0.599. The minimum absolute atomic E-state index is 0.206. The van der Waals surface area contributed by atoms with E-state index in [2.05, 4.69) is 16.3 Å². The standard InChI is InChI=1S/C15H27N3O2S/c1-18(10-11-21(2,19)20)9-7-13-4-3-8-15(13,12-16)17-14-5-6-14/h13-14,17H,3-11H2,1-2H3. The molecule has 0 heterocycles. The van der Waals surface area contributed by atoms with Crippen LogP contribution in [0.15, 0.2) is 0 Å². The third-order valence-corrected chi connectivity index (χ3v) is 5.69. The fourth-order valence-electron chi connectivity index (χ4n) is 3.24. The molecule has 0 amide bonds. The van der Waals surface area contributed by atoms with Gasteiger partial charge in [-0.25, -0.2) is 8.42 Å². The zero-order chi connectivity index (χ0) is 15.5. The summed E-state index contributed by atoms with van der Waals surface area (Å²) in [6, 6.07) is 3.10. The number of rotatable bonds is 8. The van der Waals surface area contributed by atoms with Gasteiger partial charge in [-0.05, 0) is 51.6 Å². The van der Waals surface area contributed by atoms with Crippen molar-refractivity contribution < 1.29 is 8.42 Å². The maximum atomic E-state index is 11.2. The minimum atomic E-state index is -2.90. The lowest BCUT2D eigenvalue weighted by atomic mass is 9.85. The van der Waals surface area contributed by atoms with E-state index < -0.39 is 9.84 Å². The third-order valence-electron chi connectivity index (χ3n) is 4.76. The Morgan fingerprint density at radius 2 is 2.05 bits per heavy atom. The van der Waals surface area contributed by atoms with Crippen molar-refractivity contribution in [2.24, 2.45) is 5.92 Å². The molecule has 0 bridgehead atoms. The van der Waals surface area contributed by atoms with Crippen molar-refractivity contribution >= 4 is 9.84 Å². The topological polar surface area (TPSA) is 73.2 Å². The quantitative estimate of drug-likeness (QED) is 0.728. The highest BCUT2D eigenvalue weighted by Gasteiger charge is 2.45. The Labute approximate surface area is 128 Å². The molecule has 2 fully saturated rings. The lowest BCUT2D eigenvalue weighted by Gasteiger charge is -2.31. The molecule has 0 aromatic rings. The monoisotopic (exact) mass is 313 g/mol. The molecule has 2 aliphatic rings. The van der Waals surface area contributed by atoms with Gasteiger partial charge in [-0.2, -0.15) is 5.26 Å². The summed E-state index contributed by atoms with van der Waals surface area (Å²) in [6.45, 7) is 1.43. The zero-order valence-corrected chi connectivity index (χ0v) is 14.0. The second-order valence-electron chi connectivity index (χ2n) is 6.81. The Hall–Kier alpha value is -0.640. The van der Waals surface area contributed by atoms with E-state index in [1.807, 2.05) is 7.05 Å². The molecule has 0 aromatic heterocycles. The van der Waals surface area contributed by atoms with Crippen molar-refractivity contribution in [1.29, 1.82) is 5.26 Å². The first kappa shape index (κ1) is 16.7. The highest BCUT2D eigenvalue weighted by molar-refractivity contribution is 7.90. The Kier molecular flexibility index (Phi) is 5.29. The van der Waals surface area contributed by atoms with Gasteiger partial charge in [0.15, 0.2) is 0 Å². The highest BCUT2D eigenvalue weighted by Crippen LogP contribution is 2.40. The molecule has 21 heavy (non-hydrogen) atoms. The van der Waals surface area contributed by atoms with Crippen molar-refractivity contribution in [2.45, 2.75) is 50.1 Å². The van der Waals surface area contributed by atoms with Crippen molar-refractivity contribution in [3.05, 3.63) is 0 Å². The molecule has 1 N–H and O–H groups in total. The average Bonchev–Trinajstić information content (AvgIpc) is 3.13. The number of nitriles is 1. The molecule has 120 valence electrons. The maximum absolute atomic E-state index is 11.2. The summed E-state index contributed by atoms with van der Waals surface area (Å²) in [7, 11) is -0.937. The molecular formula is C15H27N3O2S. The molecule has 0 radical (unpaired) electrons. The van der Waals surface area contributed by atoms with Gasteiger partial charge in [0.1, 0.15) is 15.4 Å². The van der Waals surface area contributed by atoms with E-state index in [0.29, 0.717) is 18.5 Å². The third kappa shape index (κ3) is 4.94. The lowest BCUT2D eigenvalue weighted by Crippen LogP contribution is -2.48. The molecule has 2 aliphatic carbocycles. The maximum Gasteiger partial charge on any atom is 0.148 e. The fraction of sp³-hybridized carbons (Fsp3) is 0.933. The van der Waals surface area contributed by atoms with E-state index in [1.165, 1.54) is 19.1 Å². The van der Waals surface area contributed by atoms with Gasteiger partial charge in [0.05, 0.1) is 11.8 Å². The van der Waals surface area contributed by atoms with Crippen molar-refractivity contribution in [1.82, 2.24) is 10.2 Å². The molecule has 0 spiro atoms. The summed E-state index contributed by atoms with van der Waals surface area (Å²) in [5, 5.41) is 13.2. The van der Waals surface area contributed by atoms with E-state index in [4.69, 9.17) is 0 Å². The summed E-state index contributed by atoms with van der Waals surface area (Å²) >= 11 is 0. The summed E-state index contributed by atoms with van der Waals surface area (Å²) < 4.78 is 22.4. The van der Waals surface area contributed by atoms with E-state index in [1.54, 1.807) is 0 Å². The van der Waals surface area contributed by atoms with Gasteiger partial charge in [-0.3, -0.25) is 5.32 Å². The SMILES string of the molecule is CN(CCC1CCCC1(C#N)NC1CC1)CCS(C)(=O)=O. The van der Waals surface area contributed by atoms with Crippen LogP contribution < -0.4 is 5.32 Å². The van der Waals surface area contributed by atoms with Crippen LogP contribution in [-0.2, 0) is 9.84 Å². The van der Waals surface area contributed by atoms with Crippen molar-refractivity contribution in [2.75, 3.05) is 32.1 Å². The Morgan fingerprint density at radius 1 is 1.33 bits per heavy atom. The molecule has 2 unspecified atom stereocenters. The molecule has 0 saturated heterocycles. The van der Waals surface area contributed by atoms with Gasteiger partial charge < -0.3 is 4.90 Å². The van der Waals surface area contributed by atoms with Gasteiger partial charge in [0, 0.05) is 18.8 Å². The summed E-state index contributed by atoms with van der Waals surface area (Å²) in [6.07, 6.45) is 7.82. The molecule has 0 aromatic carbocycles. The van der Waals surface area contributed by atoms with Crippen molar-refractivity contribution in [3.8, 4) is 6.07 Å². The number of nitrogens with one attached hydrogen (secondary N) is 1. The van der Waals surface area contributed by atoms with Crippen LogP contribution >= 0.6 is 0 Å². The predicted molar refractivity (Wildman–Crippen MR) is 83.7 cm³/mol. The molecular weight excluding hydrogens is 286 g/mol. The Morgan fingerprint density at radius 3 is 2.62 bits per heavy atom. The fourth-order valence-corrected chi connectivity index (χ4v) is 3.88. The van der Waals surface area contributed by atoms with Crippen molar-refractivity contribution in [3.63, 3.8) is 0 Å². The lowest BCUT2D eigenvalue weighted by molar-refractivity contribution is 0.253. The van der Waals surface area contributed by atoms with Crippen LogP contribution in [-0.4, -0.2) is 57.0 Å². The molecule has 2 atom stereocenters. The van der Waals surface area contributed by atoms with E-state index in [-0.39, 0.29) is 11.3 Å². The van der Waals surface area contributed by atoms with Gasteiger partial charge in [0.2, 0.25) is 0 Å². The van der Waals surface area contributed by atoms with Crippen LogP contribution in [0.25, 0.3) is 0 Å². The minimum Gasteiger partial charge on any atom is -0.305 e.